The monoisotopic (exact) mass is 158 g/mol. The Kier molecular flexibility index (Phi) is 2.87. The molecule has 1 aliphatic heterocycles. The van der Waals surface area contributed by atoms with E-state index in [-0.39, 0.29) is 6.10 Å². The third kappa shape index (κ3) is 1.92. The summed E-state index contributed by atoms with van der Waals surface area (Å²) in [6.07, 6.45) is 0.617. The van der Waals surface area contributed by atoms with E-state index in [1.165, 1.54) is 0 Å². The lowest BCUT2D eigenvalue weighted by Gasteiger charge is -2.40. The molecule has 3 atom stereocenters. The Hall–Kier alpha value is -0.120. The van der Waals surface area contributed by atoms with E-state index in [1.54, 1.807) is 0 Å². The number of likely N-dealkylation sites (N-methyl/N-ethyl adjacent to an activating group) is 1. The third-order valence-corrected chi connectivity index (χ3v) is 2.34. The van der Waals surface area contributed by atoms with Gasteiger partial charge in [-0.15, -0.1) is 0 Å². The number of hydrogen-bond donors (Lipinski definition) is 1. The van der Waals surface area contributed by atoms with Gasteiger partial charge in [0.1, 0.15) is 0 Å². The Balaban J connectivity index is 2.52. The molecule has 0 aromatic carbocycles. The molecule has 3 heteroatoms. The van der Waals surface area contributed by atoms with Crippen molar-refractivity contribution in [3.05, 3.63) is 0 Å². The molecule has 0 radical (unpaired) electrons. The zero-order valence-corrected chi connectivity index (χ0v) is 7.58. The summed E-state index contributed by atoms with van der Waals surface area (Å²) < 4.78 is 5.64. The summed E-state index contributed by atoms with van der Waals surface area (Å²) in [6, 6.07) is 0.395. The first kappa shape index (κ1) is 8.97. The van der Waals surface area contributed by atoms with Crippen LogP contribution in [0.1, 0.15) is 13.8 Å². The van der Waals surface area contributed by atoms with Crippen LogP contribution in [0.3, 0.4) is 0 Å². The van der Waals surface area contributed by atoms with Crippen molar-refractivity contribution in [2.45, 2.75) is 32.1 Å². The second-order valence-electron chi connectivity index (χ2n) is 3.39. The van der Waals surface area contributed by atoms with Gasteiger partial charge in [-0.05, 0) is 20.9 Å². The lowest BCUT2D eigenvalue weighted by Crippen LogP contribution is -2.54. The lowest BCUT2D eigenvalue weighted by atomic mass is 10.1. The molecule has 0 bridgehead atoms. The zero-order chi connectivity index (χ0) is 8.43. The molecule has 3 nitrogen and oxygen atoms in total. The first-order chi connectivity index (χ1) is 5.15. The van der Waals surface area contributed by atoms with Crippen LogP contribution in [0.5, 0.6) is 0 Å². The summed E-state index contributed by atoms with van der Waals surface area (Å²) in [5.41, 5.74) is 5.61. The molecule has 2 N–H and O–H groups in total. The highest BCUT2D eigenvalue weighted by molar-refractivity contribution is 4.82. The van der Waals surface area contributed by atoms with Crippen LogP contribution in [0, 0.1) is 0 Å². The van der Waals surface area contributed by atoms with Gasteiger partial charge in [-0.25, -0.2) is 0 Å². The summed E-state index contributed by atoms with van der Waals surface area (Å²) in [6.45, 7) is 5.86. The molecule has 0 saturated carbocycles. The average Bonchev–Trinajstić information content (AvgIpc) is 1.85. The van der Waals surface area contributed by atoms with Gasteiger partial charge in [0.2, 0.25) is 0 Å². The van der Waals surface area contributed by atoms with Gasteiger partial charge in [0.05, 0.1) is 12.2 Å². The Morgan fingerprint density at radius 1 is 1.55 bits per heavy atom. The Morgan fingerprint density at radius 2 is 2.18 bits per heavy atom. The van der Waals surface area contributed by atoms with E-state index in [4.69, 9.17) is 10.5 Å². The summed E-state index contributed by atoms with van der Waals surface area (Å²) in [7, 11) is 2.10. The first-order valence-electron chi connectivity index (χ1n) is 4.21. The molecule has 1 heterocycles. The van der Waals surface area contributed by atoms with Crippen LogP contribution in [0.15, 0.2) is 0 Å². The van der Waals surface area contributed by atoms with Gasteiger partial charge in [0, 0.05) is 19.1 Å². The standard InChI is InChI=1S/C8H18N2O/c1-6-5-10(3)8(4-9)7(2)11-6/h6-8H,4-5,9H2,1-3H3. The highest BCUT2D eigenvalue weighted by Crippen LogP contribution is 2.14. The molecule has 1 fully saturated rings. The Labute approximate surface area is 68.5 Å². The fourth-order valence-corrected chi connectivity index (χ4v) is 1.77. The quantitative estimate of drug-likeness (QED) is 0.586. The molecule has 66 valence electrons. The van der Waals surface area contributed by atoms with Gasteiger partial charge in [-0.2, -0.15) is 0 Å². The fourth-order valence-electron chi connectivity index (χ4n) is 1.77. The maximum atomic E-state index is 5.64. The number of ether oxygens (including phenoxy) is 1. The van der Waals surface area contributed by atoms with Gasteiger partial charge < -0.3 is 10.5 Å². The minimum absolute atomic E-state index is 0.272. The number of nitrogens with zero attached hydrogens (tertiary/aromatic N) is 1. The molecule has 1 saturated heterocycles. The molecule has 0 aliphatic carbocycles. The number of rotatable bonds is 1. The molecule has 3 unspecified atom stereocenters. The average molecular weight is 158 g/mol. The minimum atomic E-state index is 0.272. The highest BCUT2D eigenvalue weighted by atomic mass is 16.5. The lowest BCUT2D eigenvalue weighted by molar-refractivity contribution is -0.0929. The number of morpholine rings is 1. The molecule has 0 aromatic heterocycles. The smallest absolute Gasteiger partial charge is 0.0718 e. The third-order valence-electron chi connectivity index (χ3n) is 2.34. The van der Waals surface area contributed by atoms with Gasteiger partial charge in [0.15, 0.2) is 0 Å². The van der Waals surface area contributed by atoms with Crippen molar-refractivity contribution in [2.24, 2.45) is 5.73 Å². The van der Waals surface area contributed by atoms with E-state index in [0.717, 1.165) is 6.54 Å². The highest BCUT2D eigenvalue weighted by Gasteiger charge is 2.28. The van der Waals surface area contributed by atoms with Crippen LogP contribution in [0.4, 0.5) is 0 Å². The van der Waals surface area contributed by atoms with Crippen molar-refractivity contribution in [2.75, 3.05) is 20.1 Å². The molecule has 1 rings (SSSR count). The van der Waals surface area contributed by atoms with Crippen molar-refractivity contribution in [1.29, 1.82) is 0 Å². The summed E-state index contributed by atoms with van der Waals surface area (Å²) in [5, 5.41) is 0. The van der Waals surface area contributed by atoms with Crippen LogP contribution in [0.25, 0.3) is 0 Å². The predicted octanol–water partition coefficient (Wildman–Crippen LogP) is 0.0527. The predicted molar refractivity (Wildman–Crippen MR) is 45.5 cm³/mol. The minimum Gasteiger partial charge on any atom is -0.373 e. The molecule has 0 amide bonds. The van der Waals surface area contributed by atoms with Gasteiger partial charge in [-0.1, -0.05) is 0 Å². The Morgan fingerprint density at radius 3 is 2.64 bits per heavy atom. The molecular formula is C8H18N2O. The number of hydrogen-bond acceptors (Lipinski definition) is 3. The Bertz CT molecular complexity index is 117. The van der Waals surface area contributed by atoms with Crippen molar-refractivity contribution < 1.29 is 4.74 Å². The van der Waals surface area contributed by atoms with Crippen LogP contribution < -0.4 is 5.73 Å². The van der Waals surface area contributed by atoms with E-state index in [9.17, 15) is 0 Å². The zero-order valence-electron chi connectivity index (χ0n) is 7.58. The van der Waals surface area contributed by atoms with Gasteiger partial charge >= 0.3 is 0 Å². The first-order valence-corrected chi connectivity index (χ1v) is 4.21. The fraction of sp³-hybridized carbons (Fsp3) is 1.00. The summed E-state index contributed by atoms with van der Waals surface area (Å²) in [4.78, 5) is 2.28. The largest absolute Gasteiger partial charge is 0.373 e. The van der Waals surface area contributed by atoms with Crippen LogP contribution in [0.2, 0.25) is 0 Å². The molecule has 0 spiro atoms. The van der Waals surface area contributed by atoms with E-state index >= 15 is 0 Å². The molecule has 1 aliphatic rings. The number of nitrogens with two attached hydrogens (primary N) is 1. The van der Waals surface area contributed by atoms with Crippen LogP contribution >= 0.6 is 0 Å². The van der Waals surface area contributed by atoms with E-state index in [2.05, 4.69) is 25.8 Å². The van der Waals surface area contributed by atoms with Crippen molar-refractivity contribution >= 4 is 0 Å². The maximum absolute atomic E-state index is 5.64. The summed E-state index contributed by atoms with van der Waals surface area (Å²) >= 11 is 0. The van der Waals surface area contributed by atoms with Crippen molar-refractivity contribution in [3.8, 4) is 0 Å². The van der Waals surface area contributed by atoms with E-state index in [1.807, 2.05) is 0 Å². The normalized spacial score (nSPS) is 40.9. The summed E-state index contributed by atoms with van der Waals surface area (Å²) in [5.74, 6) is 0. The van der Waals surface area contributed by atoms with Crippen molar-refractivity contribution in [3.63, 3.8) is 0 Å². The van der Waals surface area contributed by atoms with E-state index in [0.29, 0.717) is 18.7 Å². The SMILES string of the molecule is CC1CN(C)C(CN)C(C)O1. The van der Waals surface area contributed by atoms with E-state index < -0.39 is 0 Å². The second kappa shape index (κ2) is 3.52. The molecular weight excluding hydrogens is 140 g/mol. The topological polar surface area (TPSA) is 38.5 Å². The van der Waals surface area contributed by atoms with Crippen molar-refractivity contribution in [1.82, 2.24) is 4.90 Å². The van der Waals surface area contributed by atoms with Crippen LogP contribution in [-0.4, -0.2) is 43.3 Å². The van der Waals surface area contributed by atoms with Gasteiger partial charge in [-0.3, -0.25) is 4.90 Å². The maximum Gasteiger partial charge on any atom is 0.0718 e. The second-order valence-corrected chi connectivity index (χ2v) is 3.39. The molecule has 0 aromatic rings. The molecule has 11 heavy (non-hydrogen) atoms. The van der Waals surface area contributed by atoms with Crippen LogP contribution in [-0.2, 0) is 4.74 Å². The van der Waals surface area contributed by atoms with Gasteiger partial charge in [0.25, 0.3) is 0 Å².